The minimum atomic E-state index is -3.71. The number of carbonyl (C=O) groups excluding carboxylic acids is 1. The third-order valence-electron chi connectivity index (χ3n) is 5.09. The number of hydrogen-bond acceptors (Lipinski definition) is 4. The molecule has 0 radical (unpaired) electrons. The van der Waals surface area contributed by atoms with Crippen LogP contribution in [0.1, 0.15) is 23.3 Å². The minimum absolute atomic E-state index is 0.0977. The fraction of sp³-hybridized carbons (Fsp3) is 0.261. The van der Waals surface area contributed by atoms with E-state index in [9.17, 15) is 13.2 Å². The summed E-state index contributed by atoms with van der Waals surface area (Å²) in [4.78, 5) is 16.4. The van der Waals surface area contributed by atoms with Crippen molar-refractivity contribution in [2.24, 2.45) is 0 Å². The summed E-state index contributed by atoms with van der Waals surface area (Å²) in [6.07, 6.45) is 1.59. The number of sulfonamides is 1. The highest BCUT2D eigenvalue weighted by atomic mass is 32.2. The summed E-state index contributed by atoms with van der Waals surface area (Å²) >= 11 is 1.59. The number of carbonyl (C=O) groups is 1. The monoisotopic (exact) mass is 440 g/mol. The maximum Gasteiger partial charge on any atom is 0.243 e. The Bertz CT molecular complexity index is 1060. The first-order chi connectivity index (χ1) is 14.5. The molecule has 7 heteroatoms. The maximum absolute atomic E-state index is 13.3. The van der Waals surface area contributed by atoms with Gasteiger partial charge in [0.2, 0.25) is 15.9 Å². The van der Waals surface area contributed by atoms with Crippen LogP contribution < -0.4 is 0 Å². The summed E-state index contributed by atoms with van der Waals surface area (Å²) in [6, 6.07) is 22.0. The average Bonchev–Trinajstić information content (AvgIpc) is 3.47. The van der Waals surface area contributed by atoms with Crippen LogP contribution in [-0.4, -0.2) is 36.1 Å². The van der Waals surface area contributed by atoms with Gasteiger partial charge in [0.1, 0.15) is 0 Å². The summed E-state index contributed by atoms with van der Waals surface area (Å²) in [5.74, 6) is -0.182. The second kappa shape index (κ2) is 9.12. The Balaban J connectivity index is 1.56. The van der Waals surface area contributed by atoms with Gasteiger partial charge in [-0.1, -0.05) is 54.6 Å². The maximum atomic E-state index is 13.3. The number of nitrogens with zero attached hydrogens (tertiary/aromatic N) is 2. The standard InChI is InChI=1S/C23H24N2O3S2/c26-23(18-25(20-13-14-20)30(27,28)22-11-5-2-6-12-22)24(17-21-10-7-15-29-21)16-19-8-3-1-4-9-19/h1-12,15,20H,13-14,16-18H2. The molecule has 0 spiro atoms. The smallest absolute Gasteiger partial charge is 0.243 e. The van der Waals surface area contributed by atoms with Crippen LogP contribution >= 0.6 is 11.3 Å². The molecule has 156 valence electrons. The second-order valence-electron chi connectivity index (χ2n) is 7.41. The summed E-state index contributed by atoms with van der Waals surface area (Å²) in [7, 11) is -3.71. The summed E-state index contributed by atoms with van der Waals surface area (Å²) in [5.41, 5.74) is 1.02. The van der Waals surface area contributed by atoms with E-state index in [2.05, 4.69) is 0 Å². The molecule has 1 saturated carbocycles. The summed E-state index contributed by atoms with van der Waals surface area (Å²) in [6.45, 7) is 0.775. The lowest BCUT2D eigenvalue weighted by Crippen LogP contribution is -2.43. The first-order valence-electron chi connectivity index (χ1n) is 9.95. The zero-order chi connectivity index (χ0) is 21.0. The van der Waals surface area contributed by atoms with E-state index in [1.807, 2.05) is 47.8 Å². The lowest BCUT2D eigenvalue weighted by atomic mass is 10.2. The molecule has 0 unspecified atom stereocenters. The molecule has 3 aromatic rings. The SMILES string of the molecule is O=C(CN(C1CC1)S(=O)(=O)c1ccccc1)N(Cc1ccccc1)Cc1cccs1. The summed E-state index contributed by atoms with van der Waals surface area (Å²) < 4.78 is 27.8. The number of benzene rings is 2. The third kappa shape index (κ3) is 4.98. The molecule has 4 rings (SSSR count). The van der Waals surface area contributed by atoms with E-state index in [0.29, 0.717) is 13.1 Å². The van der Waals surface area contributed by atoms with Gasteiger partial charge in [0, 0.05) is 17.5 Å². The molecule has 0 aliphatic heterocycles. The van der Waals surface area contributed by atoms with Gasteiger partial charge < -0.3 is 4.90 Å². The fourth-order valence-corrected chi connectivity index (χ4v) is 5.74. The molecule has 1 aromatic heterocycles. The molecule has 1 amide bonds. The highest BCUT2D eigenvalue weighted by Gasteiger charge is 2.40. The molecule has 0 atom stereocenters. The zero-order valence-corrected chi connectivity index (χ0v) is 18.2. The van der Waals surface area contributed by atoms with E-state index in [0.717, 1.165) is 23.3 Å². The van der Waals surface area contributed by atoms with Crippen LogP contribution in [-0.2, 0) is 27.9 Å². The van der Waals surface area contributed by atoms with Crippen LogP contribution in [0.5, 0.6) is 0 Å². The van der Waals surface area contributed by atoms with Crippen molar-refractivity contribution in [3.8, 4) is 0 Å². The number of amides is 1. The van der Waals surface area contributed by atoms with Gasteiger partial charge in [-0.2, -0.15) is 4.31 Å². The molecule has 0 N–H and O–H groups in total. The van der Waals surface area contributed by atoms with E-state index >= 15 is 0 Å². The molecular formula is C23H24N2O3S2. The first kappa shape index (κ1) is 20.8. The van der Waals surface area contributed by atoms with Gasteiger partial charge in [0.05, 0.1) is 18.0 Å². The van der Waals surface area contributed by atoms with Crippen molar-refractivity contribution in [3.63, 3.8) is 0 Å². The molecule has 0 saturated heterocycles. The number of rotatable bonds is 9. The third-order valence-corrected chi connectivity index (χ3v) is 7.86. The molecule has 2 aromatic carbocycles. The van der Waals surface area contributed by atoms with Crippen LogP contribution in [0.4, 0.5) is 0 Å². The zero-order valence-electron chi connectivity index (χ0n) is 16.6. The van der Waals surface area contributed by atoms with Gasteiger partial charge in [-0.3, -0.25) is 4.79 Å². The van der Waals surface area contributed by atoms with Gasteiger partial charge in [-0.05, 0) is 42.0 Å². The lowest BCUT2D eigenvalue weighted by Gasteiger charge is -2.27. The predicted octanol–water partition coefficient (Wildman–Crippen LogP) is 4.13. The Kier molecular flexibility index (Phi) is 6.32. The van der Waals surface area contributed by atoms with Gasteiger partial charge in [0.15, 0.2) is 0 Å². The highest BCUT2D eigenvalue weighted by Crippen LogP contribution is 2.32. The van der Waals surface area contributed by atoms with E-state index in [4.69, 9.17) is 0 Å². The largest absolute Gasteiger partial charge is 0.332 e. The average molecular weight is 441 g/mol. The van der Waals surface area contributed by atoms with E-state index in [1.165, 1.54) is 4.31 Å². The van der Waals surface area contributed by atoms with Crippen molar-refractivity contribution < 1.29 is 13.2 Å². The van der Waals surface area contributed by atoms with Crippen molar-refractivity contribution in [1.82, 2.24) is 9.21 Å². The van der Waals surface area contributed by atoms with Gasteiger partial charge in [-0.15, -0.1) is 11.3 Å². The van der Waals surface area contributed by atoms with Gasteiger partial charge in [-0.25, -0.2) is 8.42 Å². The topological polar surface area (TPSA) is 57.7 Å². The molecule has 0 bridgehead atoms. The van der Waals surface area contributed by atoms with Crippen molar-refractivity contribution >= 4 is 27.3 Å². The van der Waals surface area contributed by atoms with Crippen LogP contribution in [0, 0.1) is 0 Å². The Morgan fingerprint density at radius 3 is 2.17 bits per heavy atom. The Morgan fingerprint density at radius 2 is 1.57 bits per heavy atom. The van der Waals surface area contributed by atoms with Crippen LogP contribution in [0.15, 0.2) is 83.1 Å². The second-order valence-corrected chi connectivity index (χ2v) is 10.3. The van der Waals surface area contributed by atoms with E-state index < -0.39 is 10.0 Å². The normalized spacial score (nSPS) is 14.0. The van der Waals surface area contributed by atoms with Gasteiger partial charge >= 0.3 is 0 Å². The quantitative estimate of drug-likeness (QED) is 0.503. The summed E-state index contributed by atoms with van der Waals surface area (Å²) in [5, 5.41) is 1.98. The minimum Gasteiger partial charge on any atom is -0.332 e. The lowest BCUT2D eigenvalue weighted by molar-refractivity contribution is -0.132. The van der Waals surface area contributed by atoms with E-state index in [-0.39, 0.29) is 23.4 Å². The van der Waals surface area contributed by atoms with E-state index in [1.54, 1.807) is 46.6 Å². The molecule has 1 aliphatic rings. The fourth-order valence-electron chi connectivity index (χ4n) is 3.36. The van der Waals surface area contributed by atoms with Crippen molar-refractivity contribution in [3.05, 3.63) is 88.6 Å². The van der Waals surface area contributed by atoms with Gasteiger partial charge in [0.25, 0.3) is 0 Å². The molecule has 1 fully saturated rings. The molecule has 1 heterocycles. The Hall–Kier alpha value is -2.48. The Labute approximate surface area is 181 Å². The molecule has 30 heavy (non-hydrogen) atoms. The molecular weight excluding hydrogens is 416 g/mol. The predicted molar refractivity (Wildman–Crippen MR) is 118 cm³/mol. The highest BCUT2D eigenvalue weighted by molar-refractivity contribution is 7.89. The molecule has 1 aliphatic carbocycles. The van der Waals surface area contributed by atoms with Crippen LogP contribution in [0.2, 0.25) is 0 Å². The number of thiophene rings is 1. The molecule has 5 nitrogen and oxygen atoms in total. The van der Waals surface area contributed by atoms with Crippen molar-refractivity contribution in [2.75, 3.05) is 6.54 Å². The van der Waals surface area contributed by atoms with Crippen molar-refractivity contribution in [2.45, 2.75) is 36.9 Å². The van der Waals surface area contributed by atoms with Crippen LogP contribution in [0.25, 0.3) is 0 Å². The Morgan fingerprint density at radius 1 is 0.900 bits per heavy atom. The van der Waals surface area contributed by atoms with Crippen molar-refractivity contribution in [1.29, 1.82) is 0 Å². The van der Waals surface area contributed by atoms with Crippen LogP contribution in [0.3, 0.4) is 0 Å². The first-order valence-corrected chi connectivity index (χ1v) is 12.3. The number of hydrogen-bond donors (Lipinski definition) is 0.